The molecule has 1 amide bonds. The number of imidazole rings is 1. The third kappa shape index (κ3) is 3.28. The number of nitrogens with zero attached hydrogens (tertiary/aromatic N) is 3. The van der Waals surface area contributed by atoms with Gasteiger partial charge in [0.1, 0.15) is 0 Å². The van der Waals surface area contributed by atoms with Crippen molar-refractivity contribution in [3.63, 3.8) is 0 Å². The van der Waals surface area contributed by atoms with E-state index in [1.54, 1.807) is 11.3 Å². The zero-order valence-corrected chi connectivity index (χ0v) is 14.2. The van der Waals surface area contributed by atoms with E-state index in [9.17, 15) is 4.79 Å². The van der Waals surface area contributed by atoms with Crippen LogP contribution in [0.3, 0.4) is 0 Å². The summed E-state index contributed by atoms with van der Waals surface area (Å²) >= 11 is 1.58. The van der Waals surface area contributed by atoms with Gasteiger partial charge in [0.25, 0.3) is 0 Å². The van der Waals surface area contributed by atoms with E-state index >= 15 is 0 Å². The first-order valence-electron chi connectivity index (χ1n) is 8.28. The van der Waals surface area contributed by atoms with Crippen LogP contribution in [0, 0.1) is 0 Å². The number of aromatic nitrogens is 2. The van der Waals surface area contributed by atoms with Crippen molar-refractivity contribution in [3.8, 4) is 0 Å². The summed E-state index contributed by atoms with van der Waals surface area (Å²) in [6.07, 6.45) is 6.22. The van der Waals surface area contributed by atoms with Crippen molar-refractivity contribution < 1.29 is 4.79 Å². The van der Waals surface area contributed by atoms with Crippen LogP contribution in [0.15, 0.2) is 48.1 Å². The van der Waals surface area contributed by atoms with E-state index in [4.69, 9.17) is 0 Å². The summed E-state index contributed by atoms with van der Waals surface area (Å²) < 4.78 is 1.96. The van der Waals surface area contributed by atoms with E-state index in [1.165, 1.54) is 5.69 Å². The number of hydrogen-bond donors (Lipinski definition) is 1. The number of benzene rings is 1. The van der Waals surface area contributed by atoms with Crippen molar-refractivity contribution >= 4 is 27.9 Å². The monoisotopic (exact) mass is 340 g/mol. The summed E-state index contributed by atoms with van der Waals surface area (Å²) in [7, 11) is 0. The van der Waals surface area contributed by atoms with Gasteiger partial charge in [-0.2, -0.15) is 0 Å². The van der Waals surface area contributed by atoms with E-state index in [2.05, 4.69) is 39.5 Å². The Morgan fingerprint density at radius 3 is 2.79 bits per heavy atom. The van der Waals surface area contributed by atoms with E-state index in [1.807, 2.05) is 28.2 Å². The largest absolute Gasteiger partial charge is 0.371 e. The van der Waals surface area contributed by atoms with Crippen LogP contribution < -0.4 is 10.2 Å². The minimum atomic E-state index is 0.0684. The van der Waals surface area contributed by atoms with E-state index in [0.717, 1.165) is 36.6 Å². The lowest BCUT2D eigenvalue weighted by Gasteiger charge is -2.34. The molecule has 0 aliphatic carbocycles. The average Bonchev–Trinajstić information content (AvgIpc) is 3.17. The lowest BCUT2D eigenvalue weighted by Crippen LogP contribution is -2.45. The Morgan fingerprint density at radius 1 is 1.25 bits per heavy atom. The molecule has 1 aliphatic rings. The van der Waals surface area contributed by atoms with Crippen LogP contribution >= 0.6 is 11.3 Å². The van der Waals surface area contributed by atoms with Crippen molar-refractivity contribution in [3.05, 3.63) is 53.8 Å². The fraction of sp³-hybridized carbons (Fsp3) is 0.333. The number of carbonyl (C=O) groups excluding carboxylic acids is 1. The van der Waals surface area contributed by atoms with Gasteiger partial charge in [-0.1, -0.05) is 18.2 Å². The van der Waals surface area contributed by atoms with Crippen LogP contribution in [-0.2, 0) is 11.2 Å². The number of amides is 1. The smallest absolute Gasteiger partial charge is 0.226 e. The van der Waals surface area contributed by atoms with Crippen molar-refractivity contribution in [2.45, 2.75) is 25.3 Å². The maximum Gasteiger partial charge on any atom is 0.226 e. The second kappa shape index (κ2) is 6.65. The molecule has 0 unspecified atom stereocenters. The minimum absolute atomic E-state index is 0.0684. The quantitative estimate of drug-likeness (QED) is 0.794. The van der Waals surface area contributed by atoms with Crippen molar-refractivity contribution in [2.75, 3.05) is 18.0 Å². The number of piperidine rings is 1. The van der Waals surface area contributed by atoms with Crippen LogP contribution in [0.5, 0.6) is 0 Å². The van der Waals surface area contributed by atoms with E-state index < -0.39 is 0 Å². The Hall–Kier alpha value is -2.34. The summed E-state index contributed by atoms with van der Waals surface area (Å²) in [6, 6.07) is 10.7. The van der Waals surface area contributed by atoms with Crippen LogP contribution in [0.2, 0.25) is 0 Å². The highest BCUT2D eigenvalue weighted by Gasteiger charge is 2.21. The molecule has 1 N–H and O–H groups in total. The first-order chi connectivity index (χ1) is 11.8. The third-order valence-electron chi connectivity index (χ3n) is 4.47. The van der Waals surface area contributed by atoms with Gasteiger partial charge in [0.15, 0.2) is 4.96 Å². The molecule has 1 aromatic carbocycles. The highest BCUT2D eigenvalue weighted by atomic mass is 32.1. The Kier molecular flexibility index (Phi) is 4.21. The predicted octanol–water partition coefficient (Wildman–Crippen LogP) is 2.72. The predicted molar refractivity (Wildman–Crippen MR) is 96.6 cm³/mol. The zero-order valence-electron chi connectivity index (χ0n) is 13.4. The first-order valence-corrected chi connectivity index (χ1v) is 9.16. The molecule has 5 nitrogen and oxygen atoms in total. The van der Waals surface area contributed by atoms with Gasteiger partial charge < -0.3 is 10.2 Å². The number of anilines is 1. The van der Waals surface area contributed by atoms with Crippen LogP contribution in [0.25, 0.3) is 4.96 Å². The fourth-order valence-corrected chi connectivity index (χ4v) is 3.94. The van der Waals surface area contributed by atoms with Gasteiger partial charge in [0, 0.05) is 42.6 Å². The molecule has 4 rings (SSSR count). The Balaban J connectivity index is 1.28. The molecule has 2 aromatic heterocycles. The van der Waals surface area contributed by atoms with E-state index in [0.29, 0.717) is 6.42 Å². The molecule has 124 valence electrons. The third-order valence-corrected chi connectivity index (χ3v) is 5.24. The molecule has 0 spiro atoms. The summed E-state index contributed by atoms with van der Waals surface area (Å²) in [5, 5.41) is 5.16. The summed E-state index contributed by atoms with van der Waals surface area (Å²) in [5.74, 6) is 0.0684. The van der Waals surface area contributed by atoms with Gasteiger partial charge in [-0.3, -0.25) is 9.20 Å². The topological polar surface area (TPSA) is 49.6 Å². The summed E-state index contributed by atoms with van der Waals surface area (Å²) in [5.41, 5.74) is 2.10. The van der Waals surface area contributed by atoms with Gasteiger partial charge in [0.05, 0.1) is 12.1 Å². The molecule has 24 heavy (non-hydrogen) atoms. The van der Waals surface area contributed by atoms with Crippen molar-refractivity contribution in [2.24, 2.45) is 0 Å². The van der Waals surface area contributed by atoms with Crippen LogP contribution in [0.1, 0.15) is 18.5 Å². The summed E-state index contributed by atoms with van der Waals surface area (Å²) in [6.45, 7) is 1.96. The molecule has 1 fully saturated rings. The second-order valence-electron chi connectivity index (χ2n) is 6.17. The SMILES string of the molecule is O=C(Cc1cn2ccsc2n1)NC1CCN(c2ccccc2)CC1. The van der Waals surface area contributed by atoms with Gasteiger partial charge in [0.2, 0.25) is 5.91 Å². The number of para-hydroxylation sites is 1. The number of thiazole rings is 1. The summed E-state index contributed by atoms with van der Waals surface area (Å²) in [4.78, 5) is 20.1. The van der Waals surface area contributed by atoms with E-state index in [-0.39, 0.29) is 11.9 Å². The van der Waals surface area contributed by atoms with Gasteiger partial charge in [-0.15, -0.1) is 11.3 Å². The highest BCUT2D eigenvalue weighted by Crippen LogP contribution is 2.19. The lowest BCUT2D eigenvalue weighted by atomic mass is 10.0. The Bertz CT molecular complexity index is 789. The normalized spacial score (nSPS) is 15.8. The first kappa shape index (κ1) is 15.2. The molecule has 1 saturated heterocycles. The molecule has 0 atom stereocenters. The standard InChI is InChI=1S/C18H20N4OS/c23-17(12-15-13-22-10-11-24-18(22)20-15)19-14-6-8-21(9-7-14)16-4-2-1-3-5-16/h1-5,10-11,13-14H,6-9,12H2,(H,19,23). The minimum Gasteiger partial charge on any atom is -0.371 e. The average molecular weight is 340 g/mol. The van der Waals surface area contributed by atoms with Crippen LogP contribution in [0.4, 0.5) is 5.69 Å². The number of fused-ring (bicyclic) bond motifs is 1. The lowest BCUT2D eigenvalue weighted by molar-refractivity contribution is -0.121. The molecule has 3 aromatic rings. The molecule has 6 heteroatoms. The molecule has 0 saturated carbocycles. The number of rotatable bonds is 4. The number of nitrogens with one attached hydrogen (secondary N) is 1. The molecule has 3 heterocycles. The molecular formula is C18H20N4OS. The molecule has 0 bridgehead atoms. The Morgan fingerprint density at radius 2 is 2.04 bits per heavy atom. The zero-order chi connectivity index (χ0) is 16.4. The molecule has 1 aliphatic heterocycles. The van der Waals surface area contributed by atoms with Gasteiger partial charge in [-0.25, -0.2) is 4.98 Å². The van der Waals surface area contributed by atoms with Gasteiger partial charge in [-0.05, 0) is 25.0 Å². The molecular weight excluding hydrogens is 320 g/mol. The Labute approximate surface area is 144 Å². The second-order valence-corrected chi connectivity index (χ2v) is 7.04. The highest BCUT2D eigenvalue weighted by molar-refractivity contribution is 7.15. The maximum atomic E-state index is 12.3. The van der Waals surface area contributed by atoms with Gasteiger partial charge >= 0.3 is 0 Å². The number of carbonyl (C=O) groups is 1. The van der Waals surface area contributed by atoms with Crippen molar-refractivity contribution in [1.29, 1.82) is 0 Å². The fourth-order valence-electron chi connectivity index (χ4n) is 3.23. The van der Waals surface area contributed by atoms with Crippen molar-refractivity contribution in [1.82, 2.24) is 14.7 Å². The van der Waals surface area contributed by atoms with Crippen LogP contribution in [-0.4, -0.2) is 34.4 Å². The molecule has 0 radical (unpaired) electrons. The maximum absolute atomic E-state index is 12.3. The number of hydrogen-bond acceptors (Lipinski definition) is 4.